The number of aryl methyl sites for hydroxylation is 1. The van der Waals surface area contributed by atoms with Crippen LogP contribution in [0.3, 0.4) is 0 Å². The third-order valence-electron chi connectivity index (χ3n) is 3.10. The number of nitrogens with zero attached hydrogens (tertiary/aromatic N) is 2. The van der Waals surface area contributed by atoms with Gasteiger partial charge in [0.1, 0.15) is 17.3 Å². The highest BCUT2D eigenvalue weighted by Gasteiger charge is 2.23. The summed E-state index contributed by atoms with van der Waals surface area (Å²) < 4.78 is 1.98. The average Bonchev–Trinajstić information content (AvgIpc) is 2.55. The third-order valence-corrected chi connectivity index (χ3v) is 3.10. The highest BCUT2D eigenvalue weighted by atomic mass is 15.1. The smallest absolute Gasteiger partial charge is 0.131 e. The van der Waals surface area contributed by atoms with Crippen LogP contribution in [0.2, 0.25) is 0 Å². The lowest BCUT2D eigenvalue weighted by Crippen LogP contribution is -2.17. The van der Waals surface area contributed by atoms with E-state index in [0.29, 0.717) is 0 Å². The minimum absolute atomic E-state index is 0.00898. The molecule has 3 heteroatoms. The zero-order valence-electron chi connectivity index (χ0n) is 11.8. The molecule has 18 heavy (non-hydrogen) atoms. The van der Waals surface area contributed by atoms with Gasteiger partial charge in [-0.3, -0.25) is 0 Å². The number of rotatable bonds is 1. The first kappa shape index (κ1) is 12.7. The van der Waals surface area contributed by atoms with Gasteiger partial charge in [0, 0.05) is 18.0 Å². The summed E-state index contributed by atoms with van der Waals surface area (Å²) in [5.41, 5.74) is 9.35. The Morgan fingerprint density at radius 1 is 1.22 bits per heavy atom. The van der Waals surface area contributed by atoms with Crippen LogP contribution >= 0.6 is 0 Å². The van der Waals surface area contributed by atoms with Gasteiger partial charge in [0.05, 0.1) is 0 Å². The molecule has 0 aliphatic rings. The van der Waals surface area contributed by atoms with E-state index in [4.69, 9.17) is 10.7 Å². The quantitative estimate of drug-likeness (QED) is 0.835. The van der Waals surface area contributed by atoms with Crippen molar-refractivity contribution in [2.24, 2.45) is 7.05 Å². The molecular weight excluding hydrogens is 222 g/mol. The van der Waals surface area contributed by atoms with Crippen molar-refractivity contribution in [2.45, 2.75) is 33.1 Å². The lowest BCUT2D eigenvalue weighted by atomic mass is 9.96. The Bertz CT molecular complexity index is 574. The van der Waals surface area contributed by atoms with E-state index in [1.807, 2.05) is 17.7 Å². The van der Waals surface area contributed by atoms with Crippen molar-refractivity contribution in [1.82, 2.24) is 9.55 Å². The number of aromatic nitrogens is 2. The van der Waals surface area contributed by atoms with Crippen LogP contribution in [0.5, 0.6) is 0 Å². The van der Waals surface area contributed by atoms with Crippen LogP contribution in [0.1, 0.15) is 32.2 Å². The molecule has 0 unspecified atom stereocenters. The summed E-state index contributed by atoms with van der Waals surface area (Å²) in [5, 5.41) is 0. The summed E-state index contributed by atoms with van der Waals surface area (Å²) >= 11 is 0. The molecule has 96 valence electrons. The number of benzene rings is 1. The van der Waals surface area contributed by atoms with Crippen molar-refractivity contribution in [1.29, 1.82) is 0 Å². The van der Waals surface area contributed by atoms with Crippen molar-refractivity contribution in [3.05, 3.63) is 35.7 Å². The zero-order valence-corrected chi connectivity index (χ0v) is 11.8. The van der Waals surface area contributed by atoms with Gasteiger partial charge in [-0.15, -0.1) is 0 Å². The minimum atomic E-state index is -0.00898. The predicted octanol–water partition coefficient (Wildman–Crippen LogP) is 3.28. The Labute approximate surface area is 109 Å². The summed E-state index contributed by atoms with van der Waals surface area (Å²) in [6.45, 7) is 8.52. The Balaban J connectivity index is 2.60. The first-order valence-corrected chi connectivity index (χ1v) is 6.20. The Morgan fingerprint density at radius 2 is 1.89 bits per heavy atom. The first-order valence-electron chi connectivity index (χ1n) is 6.20. The van der Waals surface area contributed by atoms with Crippen molar-refractivity contribution < 1.29 is 0 Å². The molecule has 0 radical (unpaired) electrons. The lowest BCUT2D eigenvalue weighted by Gasteiger charge is -2.17. The van der Waals surface area contributed by atoms with Crippen LogP contribution in [0.15, 0.2) is 24.3 Å². The van der Waals surface area contributed by atoms with Gasteiger partial charge in [0.25, 0.3) is 0 Å². The molecule has 0 aliphatic carbocycles. The monoisotopic (exact) mass is 243 g/mol. The maximum atomic E-state index is 6.18. The van der Waals surface area contributed by atoms with Crippen LogP contribution in [-0.2, 0) is 12.5 Å². The summed E-state index contributed by atoms with van der Waals surface area (Å²) in [6.07, 6.45) is 0. The van der Waals surface area contributed by atoms with Crippen LogP contribution < -0.4 is 5.73 Å². The molecular formula is C15H21N3. The van der Waals surface area contributed by atoms with E-state index in [1.165, 1.54) is 5.56 Å². The van der Waals surface area contributed by atoms with E-state index in [0.717, 1.165) is 22.9 Å². The molecule has 0 saturated carbocycles. The molecule has 0 fully saturated rings. The van der Waals surface area contributed by atoms with Gasteiger partial charge in [-0.1, -0.05) is 44.5 Å². The van der Waals surface area contributed by atoms with Crippen LogP contribution in [0.25, 0.3) is 11.3 Å². The molecule has 0 amide bonds. The van der Waals surface area contributed by atoms with Crippen LogP contribution in [0.4, 0.5) is 5.82 Å². The van der Waals surface area contributed by atoms with E-state index in [-0.39, 0.29) is 5.41 Å². The number of nitrogen functional groups attached to an aromatic ring is 1. The number of hydrogen-bond donors (Lipinski definition) is 1. The molecule has 1 heterocycles. The van der Waals surface area contributed by atoms with Crippen LogP contribution in [-0.4, -0.2) is 9.55 Å². The second-order valence-electron chi connectivity index (χ2n) is 5.85. The Kier molecular flexibility index (Phi) is 2.93. The predicted molar refractivity (Wildman–Crippen MR) is 76.5 cm³/mol. The molecule has 0 bridgehead atoms. The highest BCUT2D eigenvalue weighted by molar-refractivity contribution is 5.71. The van der Waals surface area contributed by atoms with E-state index in [2.05, 4.69) is 45.9 Å². The molecule has 0 atom stereocenters. The molecule has 0 spiro atoms. The van der Waals surface area contributed by atoms with Crippen molar-refractivity contribution in [3.63, 3.8) is 0 Å². The number of imidazole rings is 1. The third kappa shape index (κ3) is 2.13. The van der Waals surface area contributed by atoms with Crippen molar-refractivity contribution >= 4 is 5.82 Å². The molecule has 2 aromatic rings. The van der Waals surface area contributed by atoms with Crippen LogP contribution in [0, 0.1) is 6.92 Å². The second kappa shape index (κ2) is 4.16. The van der Waals surface area contributed by atoms with Gasteiger partial charge in [-0.2, -0.15) is 0 Å². The molecule has 2 N–H and O–H groups in total. The molecule has 1 aromatic carbocycles. The average molecular weight is 243 g/mol. The van der Waals surface area contributed by atoms with Gasteiger partial charge in [-0.25, -0.2) is 4.98 Å². The number of nitrogens with two attached hydrogens (primary N) is 1. The minimum Gasteiger partial charge on any atom is -0.383 e. The zero-order chi connectivity index (χ0) is 13.5. The van der Waals surface area contributed by atoms with E-state index in [9.17, 15) is 0 Å². The fourth-order valence-electron chi connectivity index (χ4n) is 2.19. The van der Waals surface area contributed by atoms with Gasteiger partial charge in [-0.05, 0) is 13.0 Å². The maximum absolute atomic E-state index is 6.18. The fraction of sp³-hybridized carbons (Fsp3) is 0.400. The summed E-state index contributed by atoms with van der Waals surface area (Å²) in [6, 6.07) is 8.28. The molecule has 0 aliphatic heterocycles. The Hall–Kier alpha value is -1.77. The maximum Gasteiger partial charge on any atom is 0.131 e. The lowest BCUT2D eigenvalue weighted by molar-refractivity contribution is 0.524. The van der Waals surface area contributed by atoms with Gasteiger partial charge in [0.2, 0.25) is 0 Å². The van der Waals surface area contributed by atoms with E-state index >= 15 is 0 Å². The Morgan fingerprint density at radius 3 is 2.39 bits per heavy atom. The normalized spacial score (nSPS) is 11.8. The topological polar surface area (TPSA) is 43.8 Å². The van der Waals surface area contributed by atoms with Crippen molar-refractivity contribution in [3.8, 4) is 11.3 Å². The van der Waals surface area contributed by atoms with E-state index < -0.39 is 0 Å². The van der Waals surface area contributed by atoms with E-state index in [1.54, 1.807) is 0 Å². The van der Waals surface area contributed by atoms with Gasteiger partial charge < -0.3 is 10.3 Å². The first-order chi connectivity index (χ1) is 8.30. The summed E-state index contributed by atoms with van der Waals surface area (Å²) in [5.74, 6) is 1.74. The second-order valence-corrected chi connectivity index (χ2v) is 5.85. The molecule has 1 aromatic heterocycles. The highest BCUT2D eigenvalue weighted by Crippen LogP contribution is 2.31. The summed E-state index contributed by atoms with van der Waals surface area (Å²) in [4.78, 5) is 4.73. The number of hydrogen-bond acceptors (Lipinski definition) is 2. The molecule has 2 rings (SSSR count). The molecule has 0 saturated heterocycles. The van der Waals surface area contributed by atoms with Crippen molar-refractivity contribution in [2.75, 3.05) is 5.73 Å². The SMILES string of the molecule is Cc1cccc(-c2nc(C(C)(C)C)n(C)c2N)c1. The fourth-order valence-corrected chi connectivity index (χ4v) is 2.19. The standard InChI is InChI=1S/C15H21N3/c1-10-7-6-8-11(9-10)12-13(16)18(5)14(17-12)15(2,3)4/h6-9H,16H2,1-5H3. The van der Waals surface area contributed by atoms with Gasteiger partial charge in [0.15, 0.2) is 0 Å². The number of anilines is 1. The van der Waals surface area contributed by atoms with Gasteiger partial charge >= 0.3 is 0 Å². The largest absolute Gasteiger partial charge is 0.383 e. The molecule has 3 nitrogen and oxygen atoms in total. The summed E-state index contributed by atoms with van der Waals surface area (Å²) in [7, 11) is 1.97.